The van der Waals surface area contributed by atoms with E-state index in [4.69, 9.17) is 21.1 Å². The molecule has 36 heavy (non-hydrogen) atoms. The number of likely N-dealkylation sites (tertiary alicyclic amines) is 2. The Balaban J connectivity index is 1.38. The predicted octanol–water partition coefficient (Wildman–Crippen LogP) is 5.11. The van der Waals surface area contributed by atoms with Crippen molar-refractivity contribution >= 4 is 29.5 Å². The molecule has 2 heterocycles. The molecular formula is C27H29ClF2N2O4. The van der Waals surface area contributed by atoms with Gasteiger partial charge in [0.15, 0.2) is 11.5 Å². The van der Waals surface area contributed by atoms with Gasteiger partial charge in [-0.25, -0.2) is 8.78 Å². The number of benzene rings is 2. The summed E-state index contributed by atoms with van der Waals surface area (Å²) < 4.78 is 39.2. The molecule has 1 spiro atoms. The molecule has 0 atom stereocenters. The summed E-state index contributed by atoms with van der Waals surface area (Å²) in [6.45, 7) is 3.48. The molecule has 6 nitrogen and oxygen atoms in total. The molecule has 0 unspecified atom stereocenters. The van der Waals surface area contributed by atoms with Gasteiger partial charge in [0, 0.05) is 32.3 Å². The number of hydrogen-bond acceptors (Lipinski definition) is 4. The lowest BCUT2D eigenvalue weighted by Gasteiger charge is -2.39. The molecule has 0 N–H and O–H groups in total. The largest absolute Gasteiger partial charge is 0.493 e. The Morgan fingerprint density at radius 3 is 2.31 bits per heavy atom. The van der Waals surface area contributed by atoms with E-state index in [9.17, 15) is 18.4 Å². The van der Waals surface area contributed by atoms with Crippen LogP contribution in [0.3, 0.4) is 0 Å². The molecule has 2 amide bonds. The van der Waals surface area contributed by atoms with Gasteiger partial charge in [0.2, 0.25) is 5.91 Å². The van der Waals surface area contributed by atoms with Gasteiger partial charge < -0.3 is 19.3 Å². The van der Waals surface area contributed by atoms with Crippen molar-refractivity contribution < 1.29 is 27.8 Å². The number of amides is 2. The molecule has 0 bridgehead atoms. The summed E-state index contributed by atoms with van der Waals surface area (Å²) in [6, 6.07) is 5.93. The van der Waals surface area contributed by atoms with Crippen LogP contribution in [0.15, 0.2) is 30.3 Å². The summed E-state index contributed by atoms with van der Waals surface area (Å²) in [4.78, 5) is 29.0. The number of carbonyl (C=O) groups excluding carboxylic acids is 2. The first-order valence-corrected chi connectivity index (χ1v) is 12.2. The average Bonchev–Trinajstić information content (AvgIpc) is 3.29. The maximum absolute atomic E-state index is 14.4. The lowest BCUT2D eigenvalue weighted by atomic mass is 9.77. The molecular weight excluding hydrogens is 490 g/mol. The first kappa shape index (κ1) is 25.9. The van der Waals surface area contributed by atoms with Crippen LogP contribution in [0.2, 0.25) is 5.02 Å². The highest BCUT2D eigenvalue weighted by Crippen LogP contribution is 2.41. The van der Waals surface area contributed by atoms with E-state index in [1.165, 1.54) is 38.2 Å². The third-order valence-electron chi connectivity index (χ3n) is 7.28. The second-order valence-corrected chi connectivity index (χ2v) is 9.77. The Bertz CT molecular complexity index is 1210. The van der Waals surface area contributed by atoms with Crippen molar-refractivity contribution in [3.05, 3.63) is 63.7 Å². The molecule has 2 aromatic rings. The van der Waals surface area contributed by atoms with Gasteiger partial charge in [-0.15, -0.1) is 0 Å². The minimum atomic E-state index is -0.845. The van der Waals surface area contributed by atoms with Crippen LogP contribution in [-0.4, -0.2) is 62.0 Å². The highest BCUT2D eigenvalue weighted by molar-refractivity contribution is 6.33. The Labute approximate surface area is 214 Å². The smallest absolute Gasteiger partial charge is 0.259 e. The van der Waals surface area contributed by atoms with E-state index in [0.717, 1.165) is 12.5 Å². The van der Waals surface area contributed by atoms with Gasteiger partial charge in [0.05, 0.1) is 19.2 Å². The first-order chi connectivity index (χ1) is 17.2. The Morgan fingerprint density at radius 1 is 1.00 bits per heavy atom. The van der Waals surface area contributed by atoms with Crippen molar-refractivity contribution in [1.82, 2.24) is 9.80 Å². The number of halogens is 3. The normalized spacial score (nSPS) is 17.2. The zero-order valence-electron chi connectivity index (χ0n) is 20.6. The van der Waals surface area contributed by atoms with Gasteiger partial charge in [0.25, 0.3) is 5.91 Å². The number of carbonyl (C=O) groups is 2. The molecule has 0 aromatic heterocycles. The van der Waals surface area contributed by atoms with E-state index < -0.39 is 23.1 Å². The SMILES string of the molecule is COc1ccc(/C=C/C(=O)N2CCC3(CCN(C(=O)c4c(F)ccc(C)c4F)CC3)C2)c(Cl)c1OC. The predicted molar refractivity (Wildman–Crippen MR) is 133 cm³/mol. The van der Waals surface area contributed by atoms with Crippen LogP contribution in [0.5, 0.6) is 11.5 Å². The maximum atomic E-state index is 14.4. The highest BCUT2D eigenvalue weighted by Gasteiger charge is 2.43. The molecule has 2 aliphatic rings. The summed E-state index contributed by atoms with van der Waals surface area (Å²) >= 11 is 6.40. The third-order valence-corrected chi connectivity index (χ3v) is 7.67. The summed E-state index contributed by atoms with van der Waals surface area (Å²) in [5.74, 6) is -1.49. The Kier molecular flexibility index (Phi) is 7.54. The lowest BCUT2D eigenvalue weighted by molar-refractivity contribution is -0.125. The minimum Gasteiger partial charge on any atom is -0.493 e. The fourth-order valence-corrected chi connectivity index (χ4v) is 5.32. The lowest BCUT2D eigenvalue weighted by Crippen LogP contribution is -2.45. The molecule has 2 aliphatic heterocycles. The van der Waals surface area contributed by atoms with Gasteiger partial charge in [-0.3, -0.25) is 9.59 Å². The van der Waals surface area contributed by atoms with E-state index in [1.54, 1.807) is 23.1 Å². The van der Waals surface area contributed by atoms with Crippen LogP contribution in [0.4, 0.5) is 8.78 Å². The molecule has 2 fully saturated rings. The molecule has 9 heteroatoms. The van der Waals surface area contributed by atoms with Gasteiger partial charge >= 0.3 is 0 Å². The van der Waals surface area contributed by atoms with Crippen LogP contribution in [0.1, 0.15) is 40.7 Å². The van der Waals surface area contributed by atoms with Gasteiger partial charge in [0.1, 0.15) is 17.2 Å². The van der Waals surface area contributed by atoms with Gasteiger partial charge in [-0.05, 0) is 67.0 Å². The molecule has 2 aromatic carbocycles. The molecule has 2 saturated heterocycles. The van der Waals surface area contributed by atoms with Crippen molar-refractivity contribution in [2.75, 3.05) is 40.4 Å². The monoisotopic (exact) mass is 518 g/mol. The number of ether oxygens (including phenoxy) is 2. The zero-order chi connectivity index (χ0) is 26.0. The van der Waals surface area contributed by atoms with E-state index in [-0.39, 0.29) is 16.9 Å². The van der Waals surface area contributed by atoms with Gasteiger partial charge in [-0.2, -0.15) is 0 Å². The first-order valence-electron chi connectivity index (χ1n) is 11.8. The highest BCUT2D eigenvalue weighted by atomic mass is 35.5. The van der Waals surface area contributed by atoms with E-state index in [2.05, 4.69) is 0 Å². The summed E-state index contributed by atoms with van der Waals surface area (Å²) in [5.41, 5.74) is 0.276. The van der Waals surface area contributed by atoms with Crippen molar-refractivity contribution in [1.29, 1.82) is 0 Å². The van der Waals surface area contributed by atoms with E-state index >= 15 is 0 Å². The molecule has 0 radical (unpaired) electrons. The summed E-state index contributed by atoms with van der Waals surface area (Å²) in [7, 11) is 3.02. The van der Waals surface area contributed by atoms with Crippen molar-refractivity contribution in [3.63, 3.8) is 0 Å². The molecule has 192 valence electrons. The number of piperidine rings is 1. The van der Waals surface area contributed by atoms with Crippen LogP contribution < -0.4 is 9.47 Å². The number of aryl methyl sites for hydroxylation is 1. The van der Waals surface area contributed by atoms with E-state index in [0.29, 0.717) is 61.1 Å². The number of hydrogen-bond donors (Lipinski definition) is 0. The number of methoxy groups -OCH3 is 2. The van der Waals surface area contributed by atoms with E-state index in [1.807, 2.05) is 0 Å². The third kappa shape index (κ3) is 4.91. The summed E-state index contributed by atoms with van der Waals surface area (Å²) in [6.07, 6.45) is 5.31. The second kappa shape index (κ2) is 10.5. The molecule has 0 saturated carbocycles. The van der Waals surface area contributed by atoms with Crippen molar-refractivity contribution in [3.8, 4) is 11.5 Å². The van der Waals surface area contributed by atoms with Crippen molar-refractivity contribution in [2.24, 2.45) is 5.41 Å². The fourth-order valence-electron chi connectivity index (χ4n) is 5.03. The van der Waals surface area contributed by atoms with Crippen LogP contribution in [0, 0.1) is 24.0 Å². The van der Waals surface area contributed by atoms with Crippen molar-refractivity contribution in [2.45, 2.75) is 26.2 Å². The van der Waals surface area contributed by atoms with Crippen LogP contribution in [-0.2, 0) is 4.79 Å². The topological polar surface area (TPSA) is 59.1 Å². The quantitative estimate of drug-likeness (QED) is 0.516. The average molecular weight is 519 g/mol. The maximum Gasteiger partial charge on any atom is 0.259 e. The van der Waals surface area contributed by atoms with Gasteiger partial charge in [-0.1, -0.05) is 17.7 Å². The zero-order valence-corrected chi connectivity index (χ0v) is 21.3. The second-order valence-electron chi connectivity index (χ2n) is 9.39. The molecule has 4 rings (SSSR count). The number of nitrogens with zero attached hydrogens (tertiary/aromatic N) is 2. The fraction of sp³-hybridized carbons (Fsp3) is 0.407. The van der Waals surface area contributed by atoms with Crippen LogP contribution in [0.25, 0.3) is 6.08 Å². The summed E-state index contributed by atoms with van der Waals surface area (Å²) in [5, 5.41) is 0.359. The Morgan fingerprint density at radius 2 is 1.67 bits per heavy atom. The standard InChI is InChI=1S/C27H29ClF2N2O4/c1-17-4-7-19(29)22(24(17)30)26(34)31-13-10-27(11-14-31)12-15-32(16-27)21(33)9-6-18-5-8-20(35-2)25(36-3)23(18)28/h4-9H,10-16H2,1-3H3/b9-6+. The van der Waals surface area contributed by atoms with Crippen LogP contribution >= 0.6 is 11.6 Å². The Hall–Kier alpha value is -3.13. The number of rotatable bonds is 5. The minimum absolute atomic E-state index is 0.106. The molecule has 0 aliphatic carbocycles.